The van der Waals surface area contributed by atoms with Crippen molar-refractivity contribution < 1.29 is 43.8 Å². The minimum absolute atomic E-state index is 0.283. The standard InChI is InChI=1S/C19H30N4O9/c1-9(7-16(28)29)17(30)20-8-14(25)23-13(5-6-15(26)27)19(32)22-11(3)18(31)21-10(2)12(4)24/h9-11,13H,5-8H2,1-4H3,(H,20,30)(H,21,31)(H,22,32)(H,23,25)(H,26,27)(H,28,29)/t9?,10-,11-,13-/m0/s1. The van der Waals surface area contributed by atoms with E-state index >= 15 is 0 Å². The third-order valence-corrected chi connectivity index (χ3v) is 4.37. The lowest BCUT2D eigenvalue weighted by atomic mass is 10.1. The Balaban J connectivity index is 4.95. The van der Waals surface area contributed by atoms with Crippen LogP contribution in [0.4, 0.5) is 0 Å². The Bertz CT molecular complexity index is 753. The van der Waals surface area contributed by atoms with Crippen LogP contribution >= 0.6 is 0 Å². The lowest BCUT2D eigenvalue weighted by molar-refractivity contribution is -0.141. The summed E-state index contributed by atoms with van der Waals surface area (Å²) >= 11 is 0. The number of ketones is 1. The van der Waals surface area contributed by atoms with E-state index in [0.29, 0.717) is 0 Å². The second kappa shape index (κ2) is 13.7. The Morgan fingerprint density at radius 2 is 1.31 bits per heavy atom. The molecule has 6 N–H and O–H groups in total. The molecule has 13 nitrogen and oxygen atoms in total. The molecule has 0 aliphatic carbocycles. The number of nitrogens with one attached hydrogen (secondary N) is 4. The van der Waals surface area contributed by atoms with Crippen LogP contribution in [0, 0.1) is 5.92 Å². The summed E-state index contributed by atoms with van der Waals surface area (Å²) in [4.78, 5) is 81.2. The van der Waals surface area contributed by atoms with Crippen molar-refractivity contribution in [1.82, 2.24) is 21.3 Å². The molecule has 0 spiro atoms. The summed E-state index contributed by atoms with van der Waals surface area (Å²) in [6, 6.07) is -3.16. The van der Waals surface area contributed by atoms with Gasteiger partial charge in [-0.05, 0) is 27.2 Å². The molecule has 32 heavy (non-hydrogen) atoms. The minimum atomic E-state index is -1.31. The maximum absolute atomic E-state index is 12.5. The van der Waals surface area contributed by atoms with Crippen LogP contribution in [-0.2, 0) is 33.6 Å². The Labute approximate surface area is 184 Å². The van der Waals surface area contributed by atoms with Gasteiger partial charge >= 0.3 is 11.9 Å². The SMILES string of the molecule is CC(=O)[C@H](C)NC(=O)[C@H](C)NC(=O)[C@H](CCC(=O)O)NC(=O)CNC(=O)C(C)CC(=O)O. The molecule has 0 aliphatic rings. The number of carbonyl (C=O) groups excluding carboxylic acids is 5. The molecule has 0 heterocycles. The zero-order valence-electron chi connectivity index (χ0n) is 18.4. The predicted molar refractivity (Wildman–Crippen MR) is 109 cm³/mol. The second-order valence-corrected chi connectivity index (χ2v) is 7.34. The molecular formula is C19H30N4O9. The highest BCUT2D eigenvalue weighted by Gasteiger charge is 2.26. The summed E-state index contributed by atoms with van der Waals surface area (Å²) in [5.41, 5.74) is 0. The molecule has 0 aromatic heterocycles. The van der Waals surface area contributed by atoms with E-state index in [2.05, 4.69) is 21.3 Å². The highest BCUT2D eigenvalue weighted by atomic mass is 16.4. The van der Waals surface area contributed by atoms with E-state index in [9.17, 15) is 33.6 Å². The first kappa shape index (κ1) is 28.5. The van der Waals surface area contributed by atoms with E-state index in [0.717, 1.165) is 0 Å². The fourth-order valence-corrected chi connectivity index (χ4v) is 2.30. The van der Waals surface area contributed by atoms with Gasteiger partial charge in [0.15, 0.2) is 5.78 Å². The average Bonchev–Trinajstić information content (AvgIpc) is 2.67. The van der Waals surface area contributed by atoms with Crippen molar-refractivity contribution in [3.63, 3.8) is 0 Å². The molecule has 0 saturated heterocycles. The maximum Gasteiger partial charge on any atom is 0.304 e. The normalized spacial score (nSPS) is 14.1. The van der Waals surface area contributed by atoms with Crippen molar-refractivity contribution in [3.8, 4) is 0 Å². The minimum Gasteiger partial charge on any atom is -0.481 e. The highest BCUT2D eigenvalue weighted by Crippen LogP contribution is 2.02. The van der Waals surface area contributed by atoms with Crippen LogP contribution in [0.2, 0.25) is 0 Å². The molecule has 0 radical (unpaired) electrons. The third-order valence-electron chi connectivity index (χ3n) is 4.37. The van der Waals surface area contributed by atoms with Crippen LogP contribution in [-0.4, -0.2) is 76.2 Å². The van der Waals surface area contributed by atoms with E-state index < -0.39 is 79.0 Å². The Kier molecular flexibility index (Phi) is 12.2. The van der Waals surface area contributed by atoms with Gasteiger partial charge in [-0.2, -0.15) is 0 Å². The molecule has 4 atom stereocenters. The molecular weight excluding hydrogens is 428 g/mol. The summed E-state index contributed by atoms with van der Waals surface area (Å²) in [6.45, 7) is 4.90. The molecule has 180 valence electrons. The van der Waals surface area contributed by atoms with Gasteiger partial charge in [-0.25, -0.2) is 0 Å². The summed E-state index contributed by atoms with van der Waals surface area (Å²) < 4.78 is 0. The lowest BCUT2D eigenvalue weighted by Gasteiger charge is -2.22. The number of amides is 4. The van der Waals surface area contributed by atoms with E-state index in [-0.39, 0.29) is 12.2 Å². The number of hydrogen-bond donors (Lipinski definition) is 6. The van der Waals surface area contributed by atoms with Crippen LogP contribution in [0.1, 0.15) is 47.0 Å². The molecule has 1 unspecified atom stereocenters. The van der Waals surface area contributed by atoms with Crippen molar-refractivity contribution in [3.05, 3.63) is 0 Å². The number of aliphatic carboxylic acids is 2. The molecule has 0 aromatic carbocycles. The predicted octanol–water partition coefficient (Wildman–Crippen LogP) is -1.84. The van der Waals surface area contributed by atoms with Crippen molar-refractivity contribution in [2.24, 2.45) is 5.92 Å². The average molecular weight is 458 g/mol. The summed E-state index contributed by atoms with van der Waals surface area (Å²) in [6.07, 6.45) is -1.17. The van der Waals surface area contributed by atoms with E-state index in [4.69, 9.17) is 10.2 Å². The molecule has 0 rings (SSSR count). The van der Waals surface area contributed by atoms with Crippen molar-refractivity contribution >= 4 is 41.4 Å². The fourth-order valence-electron chi connectivity index (χ4n) is 2.30. The third kappa shape index (κ3) is 11.6. The molecule has 0 aliphatic heterocycles. The Hall–Kier alpha value is -3.51. The number of carboxylic acid groups (broad SMARTS) is 2. The van der Waals surface area contributed by atoms with Gasteiger partial charge in [0.05, 0.1) is 19.0 Å². The topological polar surface area (TPSA) is 208 Å². The van der Waals surface area contributed by atoms with Crippen molar-refractivity contribution in [2.75, 3.05) is 6.54 Å². The number of Topliss-reactive ketones (excluding diaryl/α,β-unsaturated/α-hetero) is 1. The second-order valence-electron chi connectivity index (χ2n) is 7.34. The van der Waals surface area contributed by atoms with Crippen LogP contribution in [0.5, 0.6) is 0 Å². The molecule has 0 aromatic rings. The van der Waals surface area contributed by atoms with Crippen molar-refractivity contribution in [2.45, 2.75) is 65.1 Å². The van der Waals surface area contributed by atoms with Gasteiger partial charge in [0, 0.05) is 12.3 Å². The smallest absolute Gasteiger partial charge is 0.304 e. The first-order valence-electron chi connectivity index (χ1n) is 9.86. The van der Waals surface area contributed by atoms with Crippen LogP contribution in [0.15, 0.2) is 0 Å². The molecule has 0 fully saturated rings. The zero-order valence-corrected chi connectivity index (χ0v) is 18.4. The number of carboxylic acids is 2. The zero-order chi connectivity index (χ0) is 25.0. The van der Waals surface area contributed by atoms with Gasteiger partial charge in [0.25, 0.3) is 0 Å². The van der Waals surface area contributed by atoms with Gasteiger partial charge in [-0.15, -0.1) is 0 Å². The van der Waals surface area contributed by atoms with Crippen LogP contribution in [0.25, 0.3) is 0 Å². The molecule has 0 saturated carbocycles. The van der Waals surface area contributed by atoms with Gasteiger partial charge in [-0.1, -0.05) is 6.92 Å². The van der Waals surface area contributed by atoms with E-state index in [1.54, 1.807) is 0 Å². The summed E-state index contributed by atoms with van der Waals surface area (Å²) in [5.74, 6) is -6.54. The quantitative estimate of drug-likeness (QED) is 0.172. The van der Waals surface area contributed by atoms with Crippen LogP contribution < -0.4 is 21.3 Å². The van der Waals surface area contributed by atoms with Crippen LogP contribution in [0.3, 0.4) is 0 Å². The van der Waals surface area contributed by atoms with Gasteiger partial charge in [0.1, 0.15) is 12.1 Å². The van der Waals surface area contributed by atoms with E-state index in [1.807, 2.05) is 0 Å². The highest BCUT2D eigenvalue weighted by molar-refractivity contribution is 5.94. The van der Waals surface area contributed by atoms with Crippen molar-refractivity contribution in [1.29, 1.82) is 0 Å². The molecule has 0 bridgehead atoms. The van der Waals surface area contributed by atoms with Gasteiger partial charge in [0.2, 0.25) is 23.6 Å². The molecule has 13 heteroatoms. The summed E-state index contributed by atoms with van der Waals surface area (Å²) in [7, 11) is 0. The van der Waals surface area contributed by atoms with Gasteiger partial charge < -0.3 is 31.5 Å². The monoisotopic (exact) mass is 458 g/mol. The largest absolute Gasteiger partial charge is 0.481 e. The summed E-state index contributed by atoms with van der Waals surface area (Å²) in [5, 5.41) is 26.8. The maximum atomic E-state index is 12.5. The van der Waals surface area contributed by atoms with E-state index in [1.165, 1.54) is 27.7 Å². The van der Waals surface area contributed by atoms with Gasteiger partial charge in [-0.3, -0.25) is 33.6 Å². The Morgan fingerprint density at radius 3 is 1.81 bits per heavy atom. The Morgan fingerprint density at radius 1 is 0.750 bits per heavy atom. The number of hydrogen-bond acceptors (Lipinski definition) is 7. The fraction of sp³-hybridized carbons (Fsp3) is 0.632. The number of carbonyl (C=O) groups is 7. The first-order chi connectivity index (χ1) is 14.7. The molecule has 4 amide bonds. The lowest BCUT2D eigenvalue weighted by Crippen LogP contribution is -2.55. The number of rotatable bonds is 14. The first-order valence-corrected chi connectivity index (χ1v) is 9.86.